The van der Waals surface area contributed by atoms with Gasteiger partial charge in [0.15, 0.2) is 0 Å². The highest BCUT2D eigenvalue weighted by Gasteiger charge is 2.08. The van der Waals surface area contributed by atoms with Gasteiger partial charge in [-0.3, -0.25) is 0 Å². The predicted octanol–water partition coefficient (Wildman–Crippen LogP) is 3.07. The number of thiophene rings is 1. The number of rotatable bonds is 6. The van der Waals surface area contributed by atoms with Crippen LogP contribution >= 0.6 is 22.7 Å². The first-order valence-electron chi connectivity index (χ1n) is 5.98. The van der Waals surface area contributed by atoms with Crippen molar-refractivity contribution < 1.29 is 5.11 Å². The average Bonchev–Trinajstić information content (AvgIpc) is 2.95. The van der Waals surface area contributed by atoms with Gasteiger partial charge in [-0.2, -0.15) is 11.3 Å². The van der Waals surface area contributed by atoms with Crippen molar-refractivity contribution in [3.05, 3.63) is 27.9 Å². The third kappa shape index (κ3) is 3.88. The molecule has 0 aliphatic carbocycles. The second-order valence-electron chi connectivity index (χ2n) is 4.53. The summed E-state index contributed by atoms with van der Waals surface area (Å²) in [5.41, 5.74) is 2.32. The minimum atomic E-state index is -0.232. The first kappa shape index (κ1) is 13.7. The first-order chi connectivity index (χ1) is 8.65. The predicted molar refractivity (Wildman–Crippen MR) is 78.1 cm³/mol. The normalized spacial score (nSPS) is 13.1. The highest BCUT2D eigenvalue weighted by molar-refractivity contribution is 7.14. The van der Waals surface area contributed by atoms with E-state index in [0.717, 1.165) is 30.2 Å². The summed E-state index contributed by atoms with van der Waals surface area (Å²) in [6, 6.07) is 2.10. The minimum Gasteiger partial charge on any atom is -0.393 e. The van der Waals surface area contributed by atoms with E-state index in [4.69, 9.17) is 0 Å². The van der Waals surface area contributed by atoms with Crippen molar-refractivity contribution in [3.63, 3.8) is 0 Å². The van der Waals surface area contributed by atoms with E-state index in [2.05, 4.69) is 39.1 Å². The van der Waals surface area contributed by atoms with Crippen molar-refractivity contribution in [2.75, 3.05) is 13.6 Å². The zero-order chi connectivity index (χ0) is 13.0. The fourth-order valence-corrected chi connectivity index (χ4v) is 3.18. The summed E-state index contributed by atoms with van der Waals surface area (Å²) in [6.45, 7) is 3.56. The molecule has 3 nitrogen and oxygen atoms in total. The number of aliphatic hydroxyl groups is 1. The summed E-state index contributed by atoms with van der Waals surface area (Å²) in [4.78, 5) is 6.83. The summed E-state index contributed by atoms with van der Waals surface area (Å²) in [5, 5.41) is 16.7. The molecular formula is C13H18N2OS2. The Morgan fingerprint density at radius 1 is 1.44 bits per heavy atom. The van der Waals surface area contributed by atoms with Crippen LogP contribution in [0.2, 0.25) is 0 Å². The molecule has 1 N–H and O–H groups in total. The van der Waals surface area contributed by atoms with E-state index in [1.165, 1.54) is 5.56 Å². The zero-order valence-corrected chi connectivity index (χ0v) is 12.3. The van der Waals surface area contributed by atoms with Crippen molar-refractivity contribution in [3.8, 4) is 10.6 Å². The second kappa shape index (κ2) is 6.43. The monoisotopic (exact) mass is 282 g/mol. The van der Waals surface area contributed by atoms with Crippen LogP contribution in [0.3, 0.4) is 0 Å². The van der Waals surface area contributed by atoms with Crippen LogP contribution < -0.4 is 0 Å². The van der Waals surface area contributed by atoms with E-state index in [1.54, 1.807) is 22.7 Å². The number of hydrogen-bond acceptors (Lipinski definition) is 5. The number of aliphatic hydroxyl groups excluding tert-OH is 1. The second-order valence-corrected chi connectivity index (χ2v) is 6.17. The van der Waals surface area contributed by atoms with Crippen molar-refractivity contribution in [1.82, 2.24) is 9.88 Å². The minimum absolute atomic E-state index is 0.232. The van der Waals surface area contributed by atoms with Gasteiger partial charge in [-0.1, -0.05) is 0 Å². The summed E-state index contributed by atoms with van der Waals surface area (Å²) in [6.07, 6.45) is 0.571. The van der Waals surface area contributed by atoms with E-state index in [9.17, 15) is 5.11 Å². The van der Waals surface area contributed by atoms with E-state index in [-0.39, 0.29) is 6.10 Å². The molecule has 0 spiro atoms. The SMILES string of the molecule is CC(O)CCN(C)Cc1csc(-c2ccsc2)n1. The lowest BCUT2D eigenvalue weighted by Crippen LogP contribution is -2.22. The molecule has 98 valence electrons. The molecule has 0 aliphatic heterocycles. The molecule has 2 aromatic rings. The van der Waals surface area contributed by atoms with E-state index < -0.39 is 0 Å². The van der Waals surface area contributed by atoms with Gasteiger partial charge < -0.3 is 10.0 Å². The van der Waals surface area contributed by atoms with Crippen LogP contribution in [0, 0.1) is 0 Å². The van der Waals surface area contributed by atoms with Crippen LogP contribution in [-0.4, -0.2) is 34.7 Å². The van der Waals surface area contributed by atoms with Crippen LogP contribution in [0.5, 0.6) is 0 Å². The Bertz CT molecular complexity index is 465. The molecule has 0 aromatic carbocycles. The van der Waals surface area contributed by atoms with Crippen LogP contribution in [0.25, 0.3) is 10.6 Å². The van der Waals surface area contributed by atoms with Gasteiger partial charge in [-0.05, 0) is 31.8 Å². The Balaban J connectivity index is 1.90. The highest BCUT2D eigenvalue weighted by atomic mass is 32.1. The largest absolute Gasteiger partial charge is 0.393 e. The molecule has 2 aromatic heterocycles. The van der Waals surface area contributed by atoms with Gasteiger partial charge in [0, 0.05) is 29.4 Å². The molecule has 2 heterocycles. The molecule has 5 heteroatoms. The maximum atomic E-state index is 9.26. The summed E-state index contributed by atoms with van der Waals surface area (Å²) in [5.74, 6) is 0. The van der Waals surface area contributed by atoms with Crippen LogP contribution in [-0.2, 0) is 6.54 Å². The highest BCUT2D eigenvalue weighted by Crippen LogP contribution is 2.25. The van der Waals surface area contributed by atoms with Crippen molar-refractivity contribution in [2.45, 2.75) is 26.0 Å². The molecule has 0 aliphatic rings. The fraction of sp³-hybridized carbons (Fsp3) is 0.462. The molecule has 0 bridgehead atoms. The molecule has 0 saturated heterocycles. The fourth-order valence-electron chi connectivity index (χ4n) is 1.66. The van der Waals surface area contributed by atoms with Gasteiger partial charge in [0.25, 0.3) is 0 Å². The molecule has 2 rings (SSSR count). The molecule has 0 radical (unpaired) electrons. The van der Waals surface area contributed by atoms with E-state index >= 15 is 0 Å². The number of hydrogen-bond donors (Lipinski definition) is 1. The van der Waals surface area contributed by atoms with Crippen LogP contribution in [0.15, 0.2) is 22.2 Å². The van der Waals surface area contributed by atoms with Gasteiger partial charge in [-0.15, -0.1) is 11.3 Å². The average molecular weight is 282 g/mol. The lowest BCUT2D eigenvalue weighted by molar-refractivity contribution is 0.162. The Morgan fingerprint density at radius 2 is 2.28 bits per heavy atom. The summed E-state index contributed by atoms with van der Waals surface area (Å²) >= 11 is 3.39. The van der Waals surface area contributed by atoms with Gasteiger partial charge in [0.1, 0.15) is 5.01 Å². The molecule has 0 saturated carbocycles. The number of thiazole rings is 1. The quantitative estimate of drug-likeness (QED) is 0.884. The van der Waals surface area contributed by atoms with Gasteiger partial charge in [0.2, 0.25) is 0 Å². The lowest BCUT2D eigenvalue weighted by atomic mass is 10.2. The summed E-state index contributed by atoms with van der Waals surface area (Å²) < 4.78 is 0. The maximum Gasteiger partial charge on any atom is 0.124 e. The topological polar surface area (TPSA) is 36.4 Å². The maximum absolute atomic E-state index is 9.26. The lowest BCUT2D eigenvalue weighted by Gasteiger charge is -2.15. The summed E-state index contributed by atoms with van der Waals surface area (Å²) in [7, 11) is 2.06. The van der Waals surface area contributed by atoms with Crippen molar-refractivity contribution >= 4 is 22.7 Å². The van der Waals surface area contributed by atoms with E-state index in [1.807, 2.05) is 6.92 Å². The smallest absolute Gasteiger partial charge is 0.124 e. The standard InChI is InChI=1S/C13H18N2OS2/c1-10(16)3-5-15(2)7-12-9-18-13(14-12)11-4-6-17-8-11/h4,6,8-10,16H,3,5,7H2,1-2H3. The molecule has 1 atom stereocenters. The molecule has 0 amide bonds. The number of aromatic nitrogens is 1. The zero-order valence-electron chi connectivity index (χ0n) is 10.7. The molecule has 0 fully saturated rings. The first-order valence-corrected chi connectivity index (χ1v) is 7.81. The van der Waals surface area contributed by atoms with Crippen LogP contribution in [0.1, 0.15) is 19.0 Å². The molecule has 18 heavy (non-hydrogen) atoms. The Kier molecular flexibility index (Phi) is 4.88. The van der Waals surface area contributed by atoms with Crippen molar-refractivity contribution in [1.29, 1.82) is 0 Å². The van der Waals surface area contributed by atoms with Crippen molar-refractivity contribution in [2.24, 2.45) is 0 Å². The van der Waals surface area contributed by atoms with E-state index in [0.29, 0.717) is 0 Å². The third-order valence-corrected chi connectivity index (χ3v) is 4.30. The van der Waals surface area contributed by atoms with Gasteiger partial charge in [0.05, 0.1) is 11.8 Å². The molecular weight excluding hydrogens is 264 g/mol. The Hall–Kier alpha value is -0.750. The van der Waals surface area contributed by atoms with Crippen LogP contribution in [0.4, 0.5) is 0 Å². The molecule has 1 unspecified atom stereocenters. The van der Waals surface area contributed by atoms with Gasteiger partial charge >= 0.3 is 0 Å². The Labute approximate surface area is 116 Å². The Morgan fingerprint density at radius 3 is 2.94 bits per heavy atom. The number of nitrogens with zero attached hydrogens (tertiary/aromatic N) is 2. The van der Waals surface area contributed by atoms with Gasteiger partial charge in [-0.25, -0.2) is 4.98 Å². The third-order valence-electron chi connectivity index (χ3n) is 2.68.